The predicted molar refractivity (Wildman–Crippen MR) is 53.6 cm³/mol. The molecular formula is C4H10Br2SSi. The molecule has 0 aliphatic carbocycles. The highest BCUT2D eigenvalue weighted by Gasteiger charge is 2.12. The van der Waals surface area contributed by atoms with Crippen LogP contribution in [0.15, 0.2) is 0 Å². The lowest BCUT2D eigenvalue weighted by Gasteiger charge is -2.11. The van der Waals surface area contributed by atoms with Crippen LogP contribution in [-0.2, 0) is 0 Å². The highest BCUT2D eigenvalue weighted by molar-refractivity contribution is 9.26. The van der Waals surface area contributed by atoms with Crippen molar-refractivity contribution in [1.29, 1.82) is 0 Å². The zero-order chi connectivity index (χ0) is 6.62. The maximum atomic E-state index is 4.11. The van der Waals surface area contributed by atoms with Crippen LogP contribution in [0.5, 0.6) is 0 Å². The van der Waals surface area contributed by atoms with E-state index >= 15 is 0 Å². The first-order chi connectivity index (χ1) is 3.56. The fourth-order valence-electron chi connectivity index (χ4n) is 0.389. The largest absolute Gasteiger partial charge is 0.179 e. The van der Waals surface area contributed by atoms with Crippen molar-refractivity contribution >= 4 is 54.7 Å². The fourth-order valence-corrected chi connectivity index (χ4v) is 1.46. The number of alkyl halides is 2. The van der Waals surface area contributed by atoms with Crippen LogP contribution >= 0.6 is 44.5 Å². The molecule has 0 saturated carbocycles. The highest BCUT2D eigenvalue weighted by atomic mass is 79.9. The maximum Gasteiger partial charge on any atom is 0.0619 e. The molecule has 0 atom stereocenters. The van der Waals surface area contributed by atoms with E-state index in [-0.39, 0.29) is 2.86 Å². The molecule has 0 fully saturated rings. The van der Waals surface area contributed by atoms with Crippen LogP contribution in [0.1, 0.15) is 12.8 Å². The molecule has 0 saturated heterocycles. The third-order valence-corrected chi connectivity index (χ3v) is 2.38. The smallest absolute Gasteiger partial charge is 0.0619 e. The van der Waals surface area contributed by atoms with Gasteiger partial charge in [0.1, 0.15) is 0 Å². The van der Waals surface area contributed by atoms with E-state index in [0.29, 0.717) is 0 Å². The number of rotatable bonds is 3. The summed E-state index contributed by atoms with van der Waals surface area (Å²) in [5.74, 6) is 0.987. The summed E-state index contributed by atoms with van der Waals surface area (Å²) in [6.45, 7) is 0. The van der Waals surface area contributed by atoms with Gasteiger partial charge >= 0.3 is 0 Å². The van der Waals surface area contributed by atoms with E-state index in [4.69, 9.17) is 0 Å². The van der Waals surface area contributed by atoms with E-state index in [1.807, 2.05) is 0 Å². The van der Waals surface area contributed by atoms with Crippen LogP contribution < -0.4 is 0 Å². The monoisotopic (exact) mass is 276 g/mol. The molecule has 0 radical (unpaired) electrons. The van der Waals surface area contributed by atoms with E-state index < -0.39 is 0 Å². The molecule has 0 aliphatic heterocycles. The molecule has 8 heavy (non-hydrogen) atoms. The summed E-state index contributed by atoms with van der Waals surface area (Å²) in [6, 6.07) is 0. The lowest BCUT2D eigenvalue weighted by Crippen LogP contribution is -2.09. The molecule has 0 nitrogen and oxygen atoms in total. The maximum absolute atomic E-state index is 4.11. The molecular weight excluding hydrogens is 268 g/mol. The first kappa shape index (κ1) is 9.53. The first-order valence-electron chi connectivity index (χ1n) is 2.55. The van der Waals surface area contributed by atoms with Crippen LogP contribution in [0.4, 0.5) is 0 Å². The van der Waals surface area contributed by atoms with Crippen molar-refractivity contribution < 1.29 is 0 Å². The van der Waals surface area contributed by atoms with Gasteiger partial charge in [0, 0.05) is 10.2 Å². The van der Waals surface area contributed by atoms with Crippen LogP contribution in [-0.4, -0.2) is 18.9 Å². The van der Waals surface area contributed by atoms with Crippen molar-refractivity contribution in [2.75, 3.05) is 5.75 Å². The average molecular weight is 278 g/mol. The summed E-state index contributed by atoms with van der Waals surface area (Å²) in [5, 5.41) is 0. The molecule has 0 N–H and O–H groups in total. The van der Waals surface area contributed by atoms with Crippen molar-refractivity contribution in [2.24, 2.45) is 0 Å². The van der Waals surface area contributed by atoms with Gasteiger partial charge in [0.25, 0.3) is 0 Å². The summed E-state index contributed by atoms with van der Waals surface area (Å²) in [4.78, 5) is 0. The van der Waals surface area contributed by atoms with E-state index in [1.165, 1.54) is 12.8 Å². The average Bonchev–Trinajstić information content (AvgIpc) is 1.59. The Labute approximate surface area is 75.9 Å². The zero-order valence-corrected chi connectivity index (χ0v) is 10.9. The normalized spacial score (nSPS) is 12.4. The van der Waals surface area contributed by atoms with E-state index in [0.717, 1.165) is 16.0 Å². The molecule has 50 valence electrons. The van der Waals surface area contributed by atoms with Crippen LogP contribution in [0, 0.1) is 0 Å². The van der Waals surface area contributed by atoms with Gasteiger partial charge in [-0.05, 0) is 18.6 Å². The van der Waals surface area contributed by atoms with Crippen molar-refractivity contribution in [2.45, 2.75) is 15.7 Å². The minimum atomic E-state index is 0.267. The molecule has 0 aromatic rings. The van der Waals surface area contributed by atoms with Gasteiger partial charge in [-0.2, -0.15) is 12.6 Å². The van der Waals surface area contributed by atoms with E-state index in [2.05, 4.69) is 44.5 Å². The molecule has 4 heteroatoms. The third-order valence-electron chi connectivity index (χ3n) is 0.774. The molecule has 0 unspecified atom stereocenters. The van der Waals surface area contributed by atoms with Crippen molar-refractivity contribution in [3.8, 4) is 0 Å². The van der Waals surface area contributed by atoms with Crippen LogP contribution in [0.3, 0.4) is 0 Å². The molecule has 0 aromatic heterocycles. The minimum absolute atomic E-state index is 0.267. The van der Waals surface area contributed by atoms with Crippen molar-refractivity contribution in [3.63, 3.8) is 0 Å². The molecule has 0 spiro atoms. The van der Waals surface area contributed by atoms with Gasteiger partial charge in [-0.3, -0.25) is 0 Å². The summed E-state index contributed by atoms with van der Waals surface area (Å²) < 4.78 is 0.267. The summed E-state index contributed by atoms with van der Waals surface area (Å²) in [5.41, 5.74) is 0. The Morgan fingerprint density at radius 3 is 2.12 bits per heavy atom. The van der Waals surface area contributed by atoms with E-state index in [1.54, 1.807) is 0 Å². The van der Waals surface area contributed by atoms with Crippen molar-refractivity contribution in [3.05, 3.63) is 0 Å². The Kier molecular flexibility index (Phi) is 5.19. The Morgan fingerprint density at radius 1 is 1.50 bits per heavy atom. The highest BCUT2D eigenvalue weighted by Crippen LogP contribution is 2.26. The van der Waals surface area contributed by atoms with Gasteiger partial charge in [-0.15, -0.1) is 0 Å². The van der Waals surface area contributed by atoms with Gasteiger partial charge in [0.2, 0.25) is 0 Å². The second-order valence-corrected chi connectivity index (χ2v) is 11.5. The van der Waals surface area contributed by atoms with Crippen LogP contribution in [0.2, 0.25) is 0 Å². The molecule has 0 rings (SSSR count). The Hall–Kier alpha value is 1.53. The van der Waals surface area contributed by atoms with E-state index in [9.17, 15) is 0 Å². The quantitative estimate of drug-likeness (QED) is 0.451. The Balaban J connectivity index is 3.11. The number of halogens is 2. The molecule has 0 aliphatic rings. The predicted octanol–water partition coefficient (Wildman–Crippen LogP) is 1.51. The van der Waals surface area contributed by atoms with Gasteiger partial charge < -0.3 is 0 Å². The SMILES string of the molecule is [SiH3]C(Br)(Br)CCCS. The Morgan fingerprint density at radius 2 is 2.00 bits per heavy atom. The lowest BCUT2D eigenvalue weighted by atomic mass is 10.4. The summed E-state index contributed by atoms with van der Waals surface area (Å²) in [6.07, 6.45) is 2.37. The second-order valence-electron chi connectivity index (χ2n) is 1.90. The molecule has 0 heterocycles. The van der Waals surface area contributed by atoms with Crippen LogP contribution in [0.25, 0.3) is 0 Å². The van der Waals surface area contributed by atoms with Gasteiger partial charge in [0.05, 0.1) is 2.86 Å². The lowest BCUT2D eigenvalue weighted by molar-refractivity contribution is 0.862. The van der Waals surface area contributed by atoms with Gasteiger partial charge in [0.15, 0.2) is 0 Å². The number of hydrogen-bond acceptors (Lipinski definition) is 1. The van der Waals surface area contributed by atoms with Crippen molar-refractivity contribution in [1.82, 2.24) is 0 Å². The first-order valence-corrected chi connectivity index (χ1v) is 5.77. The Bertz CT molecular complexity index is 61.5. The molecule has 0 bridgehead atoms. The topological polar surface area (TPSA) is 0 Å². The van der Waals surface area contributed by atoms with Gasteiger partial charge in [-0.25, -0.2) is 0 Å². The minimum Gasteiger partial charge on any atom is -0.179 e. The number of hydrogen-bond donors (Lipinski definition) is 1. The van der Waals surface area contributed by atoms with Gasteiger partial charge in [-0.1, -0.05) is 31.9 Å². The summed E-state index contributed by atoms with van der Waals surface area (Å²) in [7, 11) is 1.14. The second kappa shape index (κ2) is 4.36. The third kappa shape index (κ3) is 7.53. The zero-order valence-electron chi connectivity index (χ0n) is 4.82. The molecule has 0 amide bonds. The fraction of sp³-hybridized carbons (Fsp3) is 1.00. The molecule has 0 aromatic carbocycles. The standard InChI is InChI=1S/C4H10Br2SSi/c5-4(6,8)2-1-3-7/h7H,1-3H2,8H3. The number of thiol groups is 1. The summed E-state index contributed by atoms with van der Waals surface area (Å²) >= 11 is 11.2.